The van der Waals surface area contributed by atoms with E-state index in [4.69, 9.17) is 16.3 Å². The molecule has 0 unspecified atom stereocenters. The molecular weight excluding hydrogens is 532 g/mol. The summed E-state index contributed by atoms with van der Waals surface area (Å²) >= 11 is 6.67. The van der Waals surface area contributed by atoms with Gasteiger partial charge in [-0.1, -0.05) is 54.6 Å². The summed E-state index contributed by atoms with van der Waals surface area (Å²) in [5.74, 6) is 0.711. The monoisotopic (exact) mass is 564 g/mol. The number of hydrogen-bond donors (Lipinski definition) is 2. The molecule has 1 heterocycles. The molecule has 1 aliphatic rings. The number of halogens is 1. The average molecular weight is 565 g/mol. The molecule has 1 saturated carbocycles. The van der Waals surface area contributed by atoms with E-state index >= 15 is 0 Å². The maximum atomic E-state index is 13.0. The predicted molar refractivity (Wildman–Crippen MR) is 155 cm³/mol. The lowest BCUT2D eigenvalue weighted by molar-refractivity contribution is 0.0981. The molecular formula is C31H33ClN2O4S. The van der Waals surface area contributed by atoms with Gasteiger partial charge < -0.3 is 9.72 Å². The molecule has 39 heavy (non-hydrogen) atoms. The minimum absolute atomic E-state index is 0.0431. The number of carbonyl (C=O) groups is 1. The molecule has 5 rings (SSSR count). The molecule has 1 aliphatic carbocycles. The van der Waals surface area contributed by atoms with Gasteiger partial charge in [-0.3, -0.25) is 4.79 Å². The van der Waals surface area contributed by atoms with Crippen LogP contribution in [-0.2, 0) is 16.4 Å². The number of aryl methyl sites for hydroxylation is 2. The van der Waals surface area contributed by atoms with Crippen molar-refractivity contribution in [3.8, 4) is 5.75 Å². The second kappa shape index (κ2) is 11.4. The summed E-state index contributed by atoms with van der Waals surface area (Å²) in [6.07, 6.45) is 6.89. The molecule has 1 fully saturated rings. The van der Waals surface area contributed by atoms with Crippen LogP contribution in [0.25, 0.3) is 10.9 Å². The fourth-order valence-electron chi connectivity index (χ4n) is 5.23. The summed E-state index contributed by atoms with van der Waals surface area (Å²) in [5.41, 5.74) is 4.97. The summed E-state index contributed by atoms with van der Waals surface area (Å²) in [4.78, 5) is 16.4. The topological polar surface area (TPSA) is 88.3 Å². The normalized spacial score (nSPS) is 14.4. The second-order valence-corrected chi connectivity index (χ2v) is 12.6. The lowest BCUT2D eigenvalue weighted by atomic mass is 9.90. The Morgan fingerprint density at radius 1 is 1.00 bits per heavy atom. The maximum Gasteiger partial charge on any atom is 0.265 e. The zero-order chi connectivity index (χ0) is 27.6. The minimum Gasteiger partial charge on any atom is -0.493 e. The third-order valence-electron chi connectivity index (χ3n) is 7.54. The smallest absolute Gasteiger partial charge is 0.265 e. The van der Waals surface area contributed by atoms with E-state index in [0.717, 1.165) is 45.6 Å². The van der Waals surface area contributed by atoms with Crippen LogP contribution in [0.3, 0.4) is 0 Å². The molecule has 6 nitrogen and oxygen atoms in total. The van der Waals surface area contributed by atoms with Crippen LogP contribution in [0.4, 0.5) is 0 Å². The fourth-order valence-corrected chi connectivity index (χ4v) is 6.44. The quantitative estimate of drug-likeness (QED) is 0.239. The highest BCUT2D eigenvalue weighted by atomic mass is 35.5. The molecule has 8 heteroatoms. The highest BCUT2D eigenvalue weighted by Gasteiger charge is 2.20. The number of fused-ring (bicyclic) bond motifs is 1. The molecule has 0 atom stereocenters. The number of ether oxygens (including phenoxy) is 1. The van der Waals surface area contributed by atoms with Crippen molar-refractivity contribution in [2.45, 2.75) is 57.3 Å². The molecule has 0 spiro atoms. The van der Waals surface area contributed by atoms with Gasteiger partial charge in [0.25, 0.3) is 15.9 Å². The van der Waals surface area contributed by atoms with Gasteiger partial charge in [0.15, 0.2) is 0 Å². The van der Waals surface area contributed by atoms with Crippen LogP contribution in [0.15, 0.2) is 65.6 Å². The van der Waals surface area contributed by atoms with Crippen LogP contribution in [0.5, 0.6) is 5.75 Å². The average Bonchev–Trinajstić information content (AvgIpc) is 3.23. The standard InChI is InChI=1S/C31H33ClN2O4S/c1-20-8-13-26(14-9-20)39(36,37)34-31(35)24-11-15-30-28(17-24)27(21(2)33-30)16-23-10-12-25(18-29(23)32)38-19-22-6-4-3-5-7-22/h8-15,17-18,22,33H,3-7,16,19H2,1-2H3,(H,34,35). The predicted octanol–water partition coefficient (Wildman–Crippen LogP) is 7.11. The molecule has 0 saturated heterocycles. The Balaban J connectivity index is 1.33. The third-order valence-corrected chi connectivity index (χ3v) is 9.24. The third kappa shape index (κ3) is 6.31. The summed E-state index contributed by atoms with van der Waals surface area (Å²) in [6, 6.07) is 17.3. The summed E-state index contributed by atoms with van der Waals surface area (Å²) in [5, 5.41) is 1.48. The fraction of sp³-hybridized carbons (Fsp3) is 0.323. The zero-order valence-corrected chi connectivity index (χ0v) is 23.8. The number of hydrogen-bond acceptors (Lipinski definition) is 4. The number of nitrogens with one attached hydrogen (secondary N) is 2. The van der Waals surface area contributed by atoms with Gasteiger partial charge in [0.05, 0.1) is 11.5 Å². The van der Waals surface area contributed by atoms with Crippen molar-refractivity contribution < 1.29 is 17.9 Å². The van der Waals surface area contributed by atoms with E-state index in [1.165, 1.54) is 44.2 Å². The zero-order valence-electron chi connectivity index (χ0n) is 22.2. The molecule has 1 amide bonds. The van der Waals surface area contributed by atoms with Gasteiger partial charge >= 0.3 is 0 Å². The van der Waals surface area contributed by atoms with Gasteiger partial charge in [-0.15, -0.1) is 0 Å². The van der Waals surface area contributed by atoms with Crippen LogP contribution in [-0.4, -0.2) is 25.9 Å². The van der Waals surface area contributed by atoms with Crippen LogP contribution in [0, 0.1) is 19.8 Å². The number of aromatic amines is 1. The Morgan fingerprint density at radius 2 is 1.74 bits per heavy atom. The van der Waals surface area contributed by atoms with E-state index in [1.807, 2.05) is 32.0 Å². The van der Waals surface area contributed by atoms with Gasteiger partial charge in [-0.05, 0) is 86.2 Å². The largest absolute Gasteiger partial charge is 0.493 e. The second-order valence-electron chi connectivity index (χ2n) is 10.5. The first-order valence-electron chi connectivity index (χ1n) is 13.4. The van der Waals surface area contributed by atoms with Crippen LogP contribution in [0.2, 0.25) is 5.02 Å². The maximum absolute atomic E-state index is 13.0. The van der Waals surface area contributed by atoms with Gasteiger partial charge in [0.2, 0.25) is 0 Å². The lowest BCUT2D eigenvalue weighted by Crippen LogP contribution is -2.30. The van der Waals surface area contributed by atoms with Crippen molar-refractivity contribution in [2.75, 3.05) is 6.61 Å². The van der Waals surface area contributed by atoms with Gasteiger partial charge in [0, 0.05) is 33.6 Å². The molecule has 4 aromatic rings. The van der Waals surface area contributed by atoms with Crippen molar-refractivity contribution in [1.82, 2.24) is 9.71 Å². The summed E-state index contributed by atoms with van der Waals surface area (Å²) in [6.45, 7) is 4.57. The van der Waals surface area contributed by atoms with E-state index in [1.54, 1.807) is 30.3 Å². The van der Waals surface area contributed by atoms with E-state index in [0.29, 0.717) is 17.4 Å². The Bertz CT molecular complexity index is 1600. The van der Waals surface area contributed by atoms with E-state index in [-0.39, 0.29) is 10.5 Å². The Hall–Kier alpha value is -3.29. The number of H-pyrrole nitrogens is 1. The number of amides is 1. The van der Waals surface area contributed by atoms with E-state index < -0.39 is 15.9 Å². The molecule has 0 bridgehead atoms. The van der Waals surface area contributed by atoms with Crippen LogP contribution < -0.4 is 9.46 Å². The number of sulfonamides is 1. The minimum atomic E-state index is -3.99. The Labute approximate surface area is 234 Å². The molecule has 1 aromatic heterocycles. The molecule has 0 radical (unpaired) electrons. The molecule has 2 N–H and O–H groups in total. The SMILES string of the molecule is Cc1ccc(S(=O)(=O)NC(=O)c2ccc3[nH]c(C)c(Cc4ccc(OCC5CCCCC5)cc4Cl)c3c2)cc1. The first kappa shape index (κ1) is 27.3. The summed E-state index contributed by atoms with van der Waals surface area (Å²) in [7, 11) is -3.99. The van der Waals surface area contributed by atoms with Gasteiger partial charge in [-0.25, -0.2) is 13.1 Å². The van der Waals surface area contributed by atoms with Crippen molar-refractivity contribution in [1.29, 1.82) is 0 Å². The molecule has 204 valence electrons. The highest BCUT2D eigenvalue weighted by molar-refractivity contribution is 7.90. The number of carbonyl (C=O) groups excluding carboxylic acids is 1. The number of rotatable bonds is 8. The van der Waals surface area contributed by atoms with Crippen LogP contribution in [0.1, 0.15) is 64.8 Å². The lowest BCUT2D eigenvalue weighted by Gasteiger charge is -2.21. The Morgan fingerprint density at radius 3 is 2.46 bits per heavy atom. The summed E-state index contributed by atoms with van der Waals surface area (Å²) < 4.78 is 33.7. The van der Waals surface area contributed by atoms with Crippen molar-refractivity contribution in [3.05, 3.63) is 93.6 Å². The number of benzene rings is 3. The van der Waals surface area contributed by atoms with Crippen molar-refractivity contribution in [2.24, 2.45) is 5.92 Å². The number of aromatic nitrogens is 1. The Kier molecular flexibility index (Phi) is 8.01. The molecule has 3 aromatic carbocycles. The first-order chi connectivity index (χ1) is 18.7. The van der Waals surface area contributed by atoms with Crippen molar-refractivity contribution in [3.63, 3.8) is 0 Å². The van der Waals surface area contributed by atoms with Gasteiger partial charge in [0.1, 0.15) is 5.75 Å². The molecule has 0 aliphatic heterocycles. The van der Waals surface area contributed by atoms with Crippen LogP contribution >= 0.6 is 11.6 Å². The van der Waals surface area contributed by atoms with E-state index in [9.17, 15) is 13.2 Å². The van der Waals surface area contributed by atoms with Crippen molar-refractivity contribution >= 4 is 38.4 Å². The van der Waals surface area contributed by atoms with Gasteiger partial charge in [-0.2, -0.15) is 0 Å². The first-order valence-corrected chi connectivity index (χ1v) is 15.2. The van der Waals surface area contributed by atoms with E-state index in [2.05, 4.69) is 9.71 Å². The highest BCUT2D eigenvalue weighted by Crippen LogP contribution is 2.31.